The molecule has 0 bridgehead atoms. The minimum absolute atomic E-state index is 0.205. The lowest BCUT2D eigenvalue weighted by molar-refractivity contribution is 0.597. The Morgan fingerprint density at radius 1 is 1.31 bits per heavy atom. The molecule has 1 heterocycles. The molecule has 4 nitrogen and oxygen atoms in total. The van der Waals surface area contributed by atoms with Gasteiger partial charge < -0.3 is 4.57 Å². The Hall–Kier alpha value is -1.33. The summed E-state index contributed by atoms with van der Waals surface area (Å²) >= 11 is 0. The zero-order valence-electron chi connectivity index (χ0n) is 9.05. The van der Waals surface area contributed by atoms with Gasteiger partial charge in [0.15, 0.2) is 0 Å². The molecule has 2 rings (SSSR count). The van der Waals surface area contributed by atoms with Crippen LogP contribution in [0.4, 0.5) is 0 Å². The van der Waals surface area contributed by atoms with Crippen LogP contribution in [0.5, 0.6) is 0 Å². The summed E-state index contributed by atoms with van der Waals surface area (Å²) in [5.74, 6) is 0. The second-order valence-corrected chi connectivity index (χ2v) is 5.28. The maximum absolute atomic E-state index is 11.4. The molecule has 2 aromatic rings. The summed E-state index contributed by atoms with van der Waals surface area (Å²) in [6.07, 6.45) is 2.56. The molecule has 0 radical (unpaired) electrons. The first kappa shape index (κ1) is 11.2. The SMILES string of the molecule is CCCn1cc(S(N)(=O)=O)c2ccccc21. The Labute approximate surface area is 94.7 Å². The van der Waals surface area contributed by atoms with Crippen molar-refractivity contribution < 1.29 is 8.42 Å². The Balaban J connectivity index is 2.77. The van der Waals surface area contributed by atoms with E-state index in [1.54, 1.807) is 12.3 Å². The molecule has 0 unspecified atom stereocenters. The first-order valence-corrected chi connectivity index (χ1v) is 6.69. The van der Waals surface area contributed by atoms with Gasteiger partial charge in [0.05, 0.1) is 0 Å². The number of fused-ring (bicyclic) bond motifs is 1. The van der Waals surface area contributed by atoms with E-state index in [4.69, 9.17) is 5.14 Å². The number of aromatic nitrogens is 1. The molecular formula is C11H14N2O2S. The lowest BCUT2D eigenvalue weighted by atomic mass is 10.2. The van der Waals surface area contributed by atoms with Gasteiger partial charge >= 0.3 is 0 Å². The highest BCUT2D eigenvalue weighted by Crippen LogP contribution is 2.24. The molecule has 0 amide bonds. The number of sulfonamides is 1. The quantitative estimate of drug-likeness (QED) is 0.884. The van der Waals surface area contributed by atoms with E-state index in [1.165, 1.54) is 0 Å². The highest BCUT2D eigenvalue weighted by atomic mass is 32.2. The van der Waals surface area contributed by atoms with Crippen LogP contribution in [0.3, 0.4) is 0 Å². The van der Waals surface area contributed by atoms with Gasteiger partial charge in [0, 0.05) is 23.6 Å². The van der Waals surface area contributed by atoms with Crippen LogP contribution in [0.15, 0.2) is 35.4 Å². The van der Waals surface area contributed by atoms with Gasteiger partial charge in [-0.05, 0) is 12.5 Å². The fourth-order valence-corrected chi connectivity index (χ4v) is 2.62. The highest BCUT2D eigenvalue weighted by molar-refractivity contribution is 7.89. The summed E-state index contributed by atoms with van der Waals surface area (Å²) < 4.78 is 24.8. The monoisotopic (exact) mass is 238 g/mol. The van der Waals surface area contributed by atoms with E-state index < -0.39 is 10.0 Å². The Kier molecular flexibility index (Phi) is 2.73. The number of nitrogens with zero attached hydrogens (tertiary/aromatic N) is 1. The smallest absolute Gasteiger partial charge is 0.240 e. The van der Waals surface area contributed by atoms with Gasteiger partial charge in [-0.2, -0.15) is 0 Å². The van der Waals surface area contributed by atoms with Gasteiger partial charge in [-0.25, -0.2) is 13.6 Å². The molecule has 0 aliphatic rings. The van der Waals surface area contributed by atoms with Crippen molar-refractivity contribution in [1.29, 1.82) is 0 Å². The number of aryl methyl sites for hydroxylation is 1. The van der Waals surface area contributed by atoms with Crippen LogP contribution in [-0.2, 0) is 16.6 Å². The van der Waals surface area contributed by atoms with Gasteiger partial charge in [-0.3, -0.25) is 0 Å². The third-order valence-electron chi connectivity index (χ3n) is 2.52. The fraction of sp³-hybridized carbons (Fsp3) is 0.273. The normalized spacial score (nSPS) is 12.1. The molecule has 86 valence electrons. The molecule has 0 atom stereocenters. The van der Waals surface area contributed by atoms with Crippen molar-refractivity contribution >= 4 is 20.9 Å². The number of benzene rings is 1. The topological polar surface area (TPSA) is 65.1 Å². The molecule has 0 spiro atoms. The second-order valence-electron chi connectivity index (χ2n) is 3.75. The van der Waals surface area contributed by atoms with Crippen molar-refractivity contribution in [3.8, 4) is 0 Å². The second kappa shape index (κ2) is 3.92. The summed E-state index contributed by atoms with van der Waals surface area (Å²) in [6.45, 7) is 2.83. The summed E-state index contributed by atoms with van der Waals surface area (Å²) in [4.78, 5) is 0.205. The maximum Gasteiger partial charge on any atom is 0.240 e. The Bertz CT molecular complexity index is 614. The van der Waals surface area contributed by atoms with Crippen LogP contribution >= 0.6 is 0 Å². The predicted molar refractivity (Wildman–Crippen MR) is 63.6 cm³/mol. The Morgan fingerprint density at radius 3 is 2.62 bits per heavy atom. The number of rotatable bonds is 3. The van der Waals surface area contributed by atoms with Crippen LogP contribution in [0.2, 0.25) is 0 Å². The number of hydrogen-bond acceptors (Lipinski definition) is 2. The third-order valence-corrected chi connectivity index (χ3v) is 3.46. The number of para-hydroxylation sites is 1. The van der Waals surface area contributed by atoms with Gasteiger partial charge in [-0.15, -0.1) is 0 Å². The van der Waals surface area contributed by atoms with Gasteiger partial charge in [-0.1, -0.05) is 25.1 Å². The molecular weight excluding hydrogens is 224 g/mol. The fourth-order valence-electron chi connectivity index (χ4n) is 1.87. The molecule has 0 aliphatic carbocycles. The lowest BCUT2D eigenvalue weighted by Gasteiger charge is -2.00. The van der Waals surface area contributed by atoms with E-state index in [1.807, 2.05) is 29.7 Å². The number of nitrogens with two attached hydrogens (primary N) is 1. The van der Waals surface area contributed by atoms with Gasteiger partial charge in [0.25, 0.3) is 0 Å². The minimum Gasteiger partial charge on any atom is -0.346 e. The summed E-state index contributed by atoms with van der Waals surface area (Å²) in [6, 6.07) is 7.38. The molecule has 0 aliphatic heterocycles. The zero-order chi connectivity index (χ0) is 11.8. The maximum atomic E-state index is 11.4. The van der Waals surface area contributed by atoms with E-state index in [9.17, 15) is 8.42 Å². The molecule has 5 heteroatoms. The van der Waals surface area contributed by atoms with Crippen LogP contribution < -0.4 is 5.14 Å². The van der Waals surface area contributed by atoms with Crippen LogP contribution in [0, 0.1) is 0 Å². The number of hydrogen-bond donors (Lipinski definition) is 1. The van der Waals surface area contributed by atoms with Crippen LogP contribution in [-0.4, -0.2) is 13.0 Å². The standard InChI is InChI=1S/C11H14N2O2S/c1-2-7-13-8-11(16(12,14)15)9-5-3-4-6-10(9)13/h3-6,8H,2,7H2,1H3,(H2,12,14,15). The lowest BCUT2D eigenvalue weighted by Crippen LogP contribution is -2.11. The van der Waals surface area contributed by atoms with E-state index >= 15 is 0 Å². The molecule has 2 N–H and O–H groups in total. The number of primary sulfonamides is 1. The molecule has 0 fully saturated rings. The van der Waals surface area contributed by atoms with E-state index in [0.29, 0.717) is 5.39 Å². The van der Waals surface area contributed by atoms with Gasteiger partial charge in [0.2, 0.25) is 10.0 Å². The molecule has 1 aromatic carbocycles. The van der Waals surface area contributed by atoms with E-state index in [2.05, 4.69) is 0 Å². The Morgan fingerprint density at radius 2 is 2.00 bits per heavy atom. The first-order valence-electron chi connectivity index (χ1n) is 5.14. The van der Waals surface area contributed by atoms with Crippen LogP contribution in [0.1, 0.15) is 13.3 Å². The highest BCUT2D eigenvalue weighted by Gasteiger charge is 2.16. The summed E-state index contributed by atoms with van der Waals surface area (Å²) in [5, 5.41) is 5.88. The molecule has 1 aromatic heterocycles. The predicted octanol–water partition coefficient (Wildman–Crippen LogP) is 1.70. The van der Waals surface area contributed by atoms with Crippen LogP contribution in [0.25, 0.3) is 10.9 Å². The third kappa shape index (κ3) is 1.83. The largest absolute Gasteiger partial charge is 0.346 e. The van der Waals surface area contributed by atoms with E-state index in [0.717, 1.165) is 18.5 Å². The average Bonchev–Trinajstić information content (AvgIpc) is 2.58. The summed E-state index contributed by atoms with van der Waals surface area (Å²) in [5.41, 5.74) is 0.911. The molecule has 0 saturated heterocycles. The average molecular weight is 238 g/mol. The van der Waals surface area contributed by atoms with Crippen molar-refractivity contribution in [3.05, 3.63) is 30.5 Å². The molecule has 0 saturated carbocycles. The van der Waals surface area contributed by atoms with E-state index in [-0.39, 0.29) is 4.90 Å². The summed E-state index contributed by atoms with van der Waals surface area (Å²) in [7, 11) is -3.65. The minimum atomic E-state index is -3.65. The van der Waals surface area contributed by atoms with Crippen molar-refractivity contribution in [2.45, 2.75) is 24.8 Å². The first-order chi connectivity index (χ1) is 7.54. The zero-order valence-corrected chi connectivity index (χ0v) is 9.87. The van der Waals surface area contributed by atoms with Crippen molar-refractivity contribution in [2.24, 2.45) is 5.14 Å². The molecule has 16 heavy (non-hydrogen) atoms. The van der Waals surface area contributed by atoms with Gasteiger partial charge in [0.1, 0.15) is 4.90 Å². The van der Waals surface area contributed by atoms with Crippen molar-refractivity contribution in [3.63, 3.8) is 0 Å². The van der Waals surface area contributed by atoms with Crippen molar-refractivity contribution in [1.82, 2.24) is 4.57 Å². The van der Waals surface area contributed by atoms with Crippen molar-refractivity contribution in [2.75, 3.05) is 0 Å².